The Morgan fingerprint density at radius 2 is 1.76 bits per heavy atom. The minimum Gasteiger partial charge on any atom is -0.338 e. The Morgan fingerprint density at radius 3 is 2.24 bits per heavy atom. The molecule has 1 atom stereocenters. The molecule has 4 amide bonds. The van der Waals surface area contributed by atoms with Gasteiger partial charge in [0.05, 0.1) is 6.04 Å². The molecule has 0 bridgehead atoms. The Labute approximate surface area is 149 Å². The van der Waals surface area contributed by atoms with Crippen LogP contribution in [0.25, 0.3) is 0 Å². The summed E-state index contributed by atoms with van der Waals surface area (Å²) in [4.78, 5) is 38.1. The second-order valence-electron chi connectivity index (χ2n) is 5.25. The number of ketones is 1. The van der Waals surface area contributed by atoms with Crippen LogP contribution in [0.3, 0.4) is 0 Å². The quantitative estimate of drug-likeness (QED) is 0.872. The van der Waals surface area contributed by atoms with Gasteiger partial charge in [0.2, 0.25) is 0 Å². The molecule has 0 spiro atoms. The zero-order valence-corrected chi connectivity index (χ0v) is 15.6. The fourth-order valence-corrected chi connectivity index (χ4v) is 2.75. The van der Waals surface area contributed by atoms with Gasteiger partial charge in [0, 0.05) is 17.8 Å². The number of carbonyl (C=O) groups excluding carboxylic acids is 3. The smallest absolute Gasteiger partial charge is 0.330 e. The first-order valence-electron chi connectivity index (χ1n) is 8.68. The van der Waals surface area contributed by atoms with E-state index in [-0.39, 0.29) is 5.78 Å². The van der Waals surface area contributed by atoms with E-state index in [9.17, 15) is 14.4 Å². The van der Waals surface area contributed by atoms with E-state index in [0.29, 0.717) is 24.2 Å². The number of urea groups is 2. The highest BCUT2D eigenvalue weighted by molar-refractivity contribution is 6.03. The summed E-state index contributed by atoms with van der Waals surface area (Å²) < 4.78 is 0. The number of nitrogens with zero attached hydrogens (tertiary/aromatic N) is 1. The molecule has 0 aliphatic carbocycles. The van der Waals surface area contributed by atoms with Crippen molar-refractivity contribution in [1.29, 1.82) is 0 Å². The lowest BCUT2D eigenvalue weighted by Gasteiger charge is -2.37. The maximum Gasteiger partial charge on any atom is 0.330 e. The highest BCUT2D eigenvalue weighted by Crippen LogP contribution is 2.34. The van der Waals surface area contributed by atoms with Gasteiger partial charge in [-0.05, 0) is 25.8 Å². The molecule has 1 unspecified atom stereocenters. The van der Waals surface area contributed by atoms with E-state index in [2.05, 4.69) is 10.6 Å². The molecule has 1 aliphatic rings. The molecule has 0 fully saturated rings. The topological polar surface area (TPSA) is 78.5 Å². The van der Waals surface area contributed by atoms with Crippen LogP contribution in [0.1, 0.15) is 52.6 Å². The van der Waals surface area contributed by atoms with Crippen molar-refractivity contribution in [2.45, 2.75) is 47.1 Å². The number of Topliss-reactive ketones (excluding diaryl/α,β-unsaturated/α-hetero) is 1. The Bertz CT molecular complexity index is 653. The van der Waals surface area contributed by atoms with Gasteiger partial charge in [-0.15, -0.1) is 0 Å². The predicted octanol–water partition coefficient (Wildman–Crippen LogP) is 3.76. The summed E-state index contributed by atoms with van der Waals surface area (Å²) >= 11 is 0. The van der Waals surface area contributed by atoms with E-state index >= 15 is 0 Å². The van der Waals surface area contributed by atoms with E-state index in [1.165, 1.54) is 6.92 Å². The normalized spacial score (nSPS) is 16.6. The van der Waals surface area contributed by atoms with Crippen LogP contribution in [0, 0.1) is 0 Å². The number of benzene rings is 1. The van der Waals surface area contributed by atoms with Crippen molar-refractivity contribution in [2.75, 3.05) is 6.54 Å². The first-order chi connectivity index (χ1) is 12.0. The Balaban J connectivity index is 0.00000151. The molecule has 136 valence electrons. The zero-order chi connectivity index (χ0) is 19.0. The van der Waals surface area contributed by atoms with Crippen LogP contribution in [0.15, 0.2) is 41.6 Å². The summed E-state index contributed by atoms with van der Waals surface area (Å²) in [6.07, 6.45) is 0.507. The molecule has 6 heteroatoms. The molecule has 0 radical (unpaired) electrons. The second-order valence-corrected chi connectivity index (χ2v) is 5.25. The fraction of sp³-hybridized carbons (Fsp3) is 0.421. The Morgan fingerprint density at radius 1 is 1.16 bits per heavy atom. The summed E-state index contributed by atoms with van der Waals surface area (Å²) in [5, 5.41) is 5.30. The standard InChI is InChI=1S/C17H21N3O3.C2H6/c1-4-13-14(11(3)21)15(12-9-7-6-8-10-12)20(17(23)19-13)16(22)18-5-2;1-2/h6-10,15H,4-5H2,1-3H3,(H,18,22)(H,19,23);1-2H3. The van der Waals surface area contributed by atoms with Crippen molar-refractivity contribution in [3.63, 3.8) is 0 Å². The van der Waals surface area contributed by atoms with Gasteiger partial charge in [0.1, 0.15) is 0 Å². The molecule has 0 saturated carbocycles. The highest BCUT2D eigenvalue weighted by atomic mass is 16.2. The summed E-state index contributed by atoms with van der Waals surface area (Å²) in [5.74, 6) is -0.162. The molecule has 6 nitrogen and oxygen atoms in total. The number of amides is 4. The highest BCUT2D eigenvalue weighted by Gasteiger charge is 2.40. The number of rotatable bonds is 4. The SMILES string of the molecule is CC.CCNC(=O)N1C(=O)NC(CC)=C(C(C)=O)C1c1ccccc1. The first kappa shape index (κ1) is 20.4. The van der Waals surface area contributed by atoms with Gasteiger partial charge in [-0.1, -0.05) is 51.1 Å². The summed E-state index contributed by atoms with van der Waals surface area (Å²) in [6, 6.07) is 7.35. The number of carbonyl (C=O) groups is 3. The summed E-state index contributed by atoms with van der Waals surface area (Å²) in [7, 11) is 0. The van der Waals surface area contributed by atoms with Gasteiger partial charge >= 0.3 is 12.1 Å². The van der Waals surface area contributed by atoms with Crippen LogP contribution < -0.4 is 10.6 Å². The minimum atomic E-state index is -0.719. The van der Waals surface area contributed by atoms with Crippen LogP contribution in [0.2, 0.25) is 0 Å². The maximum atomic E-state index is 12.4. The molecular formula is C19H27N3O3. The molecule has 0 saturated heterocycles. The van der Waals surface area contributed by atoms with Crippen molar-refractivity contribution in [1.82, 2.24) is 15.5 Å². The van der Waals surface area contributed by atoms with Crippen LogP contribution in [0.5, 0.6) is 0 Å². The summed E-state index contributed by atoms with van der Waals surface area (Å²) in [5.41, 5.74) is 1.74. The maximum absolute atomic E-state index is 12.4. The van der Waals surface area contributed by atoms with Gasteiger partial charge in [-0.25, -0.2) is 14.5 Å². The average Bonchev–Trinajstić information content (AvgIpc) is 2.62. The molecular weight excluding hydrogens is 318 g/mol. The van der Waals surface area contributed by atoms with Gasteiger partial charge in [-0.2, -0.15) is 0 Å². The van der Waals surface area contributed by atoms with Crippen LogP contribution >= 0.6 is 0 Å². The number of allylic oxidation sites excluding steroid dienone is 1. The van der Waals surface area contributed by atoms with Crippen molar-refractivity contribution in [2.24, 2.45) is 0 Å². The van der Waals surface area contributed by atoms with E-state index in [1.54, 1.807) is 6.92 Å². The van der Waals surface area contributed by atoms with Gasteiger partial charge in [0.15, 0.2) is 5.78 Å². The first-order valence-corrected chi connectivity index (χ1v) is 8.68. The summed E-state index contributed by atoms with van der Waals surface area (Å²) in [6.45, 7) is 9.48. The molecule has 2 rings (SSSR count). The zero-order valence-electron chi connectivity index (χ0n) is 15.6. The lowest BCUT2D eigenvalue weighted by atomic mass is 9.90. The fourth-order valence-electron chi connectivity index (χ4n) is 2.75. The van der Waals surface area contributed by atoms with Crippen LogP contribution in [-0.2, 0) is 4.79 Å². The molecule has 1 heterocycles. The third kappa shape index (κ3) is 4.47. The number of hydrogen-bond acceptors (Lipinski definition) is 3. The van der Waals surface area contributed by atoms with E-state index in [4.69, 9.17) is 0 Å². The second kappa shape index (κ2) is 9.61. The molecule has 1 aromatic rings. The van der Waals surface area contributed by atoms with Crippen LogP contribution in [-0.4, -0.2) is 29.3 Å². The van der Waals surface area contributed by atoms with E-state index in [0.717, 1.165) is 10.5 Å². The largest absolute Gasteiger partial charge is 0.338 e. The van der Waals surface area contributed by atoms with Crippen molar-refractivity contribution >= 4 is 17.8 Å². The molecule has 0 aromatic heterocycles. The van der Waals surface area contributed by atoms with Gasteiger partial charge < -0.3 is 10.6 Å². The van der Waals surface area contributed by atoms with Crippen molar-refractivity contribution in [3.8, 4) is 0 Å². The molecule has 1 aromatic carbocycles. The van der Waals surface area contributed by atoms with Crippen LogP contribution in [0.4, 0.5) is 9.59 Å². The van der Waals surface area contributed by atoms with Gasteiger partial charge in [-0.3, -0.25) is 4.79 Å². The van der Waals surface area contributed by atoms with Crippen molar-refractivity contribution in [3.05, 3.63) is 47.2 Å². The third-order valence-corrected chi connectivity index (χ3v) is 3.73. The third-order valence-electron chi connectivity index (χ3n) is 3.73. The van der Waals surface area contributed by atoms with E-state index < -0.39 is 18.1 Å². The monoisotopic (exact) mass is 345 g/mol. The molecule has 1 aliphatic heterocycles. The minimum absolute atomic E-state index is 0.162. The van der Waals surface area contributed by atoms with Crippen molar-refractivity contribution < 1.29 is 14.4 Å². The van der Waals surface area contributed by atoms with Gasteiger partial charge in [0.25, 0.3) is 0 Å². The predicted molar refractivity (Wildman–Crippen MR) is 98.0 cm³/mol. The number of nitrogens with one attached hydrogen (secondary N) is 2. The number of hydrogen-bond donors (Lipinski definition) is 2. The Kier molecular flexibility index (Phi) is 7.85. The Hall–Kier alpha value is -2.63. The lowest BCUT2D eigenvalue weighted by Crippen LogP contribution is -2.54. The number of imide groups is 1. The average molecular weight is 345 g/mol. The lowest BCUT2D eigenvalue weighted by molar-refractivity contribution is -0.114. The van der Waals surface area contributed by atoms with E-state index in [1.807, 2.05) is 51.1 Å². The molecule has 25 heavy (non-hydrogen) atoms. The molecule has 2 N–H and O–H groups in total.